The molecule has 4 nitrogen and oxygen atoms in total. The molecule has 5 heteroatoms. The van der Waals surface area contributed by atoms with E-state index < -0.39 is 9.84 Å². The highest BCUT2D eigenvalue weighted by molar-refractivity contribution is 7.90. The summed E-state index contributed by atoms with van der Waals surface area (Å²) in [6.07, 6.45) is 5.94. The lowest BCUT2D eigenvalue weighted by Crippen LogP contribution is -2.55. The van der Waals surface area contributed by atoms with Gasteiger partial charge in [-0.1, -0.05) is 19.8 Å². The van der Waals surface area contributed by atoms with Gasteiger partial charge in [0.05, 0.1) is 5.75 Å². The van der Waals surface area contributed by atoms with Crippen molar-refractivity contribution in [2.24, 2.45) is 11.7 Å². The van der Waals surface area contributed by atoms with Crippen LogP contribution in [0.25, 0.3) is 0 Å². The Morgan fingerprint density at radius 3 is 2.59 bits per heavy atom. The average Bonchev–Trinajstić information content (AvgIpc) is 2.68. The first kappa shape index (κ1) is 14.9. The molecule has 0 aromatic heterocycles. The Hall–Kier alpha value is -0.130. The van der Waals surface area contributed by atoms with E-state index in [1.165, 1.54) is 19.1 Å². The third-order valence-corrected chi connectivity index (χ3v) is 5.25. The number of rotatable bonds is 6. The quantitative estimate of drug-likeness (QED) is 0.771. The van der Waals surface area contributed by atoms with Crippen LogP contribution in [-0.2, 0) is 9.84 Å². The van der Waals surface area contributed by atoms with Gasteiger partial charge in [-0.15, -0.1) is 0 Å². The number of sulfone groups is 1. The summed E-state index contributed by atoms with van der Waals surface area (Å²) in [5, 5.41) is 0. The largest absolute Gasteiger partial charge is 0.329 e. The number of nitrogens with two attached hydrogens (primary N) is 1. The maximum Gasteiger partial charge on any atom is 0.148 e. The molecule has 0 aromatic rings. The normalized spacial score (nSPS) is 30.1. The van der Waals surface area contributed by atoms with Gasteiger partial charge in [-0.3, -0.25) is 4.90 Å². The van der Waals surface area contributed by atoms with E-state index >= 15 is 0 Å². The smallest absolute Gasteiger partial charge is 0.148 e. The SMILES string of the molecule is CCC1CCCC1(CN)N(C)CCS(C)(=O)=O. The molecular formula is C12H26N2O2S. The van der Waals surface area contributed by atoms with Crippen molar-refractivity contribution in [2.45, 2.75) is 38.1 Å². The molecule has 1 fully saturated rings. The van der Waals surface area contributed by atoms with Crippen molar-refractivity contribution in [1.82, 2.24) is 4.90 Å². The van der Waals surface area contributed by atoms with E-state index in [9.17, 15) is 8.42 Å². The number of hydrogen-bond acceptors (Lipinski definition) is 4. The van der Waals surface area contributed by atoms with E-state index in [1.807, 2.05) is 7.05 Å². The molecule has 17 heavy (non-hydrogen) atoms. The highest BCUT2D eigenvalue weighted by Gasteiger charge is 2.43. The Balaban J connectivity index is 2.72. The van der Waals surface area contributed by atoms with Gasteiger partial charge >= 0.3 is 0 Å². The van der Waals surface area contributed by atoms with Crippen molar-refractivity contribution in [1.29, 1.82) is 0 Å². The summed E-state index contributed by atoms with van der Waals surface area (Å²) in [5.41, 5.74) is 6.01. The number of likely N-dealkylation sites (N-methyl/N-ethyl adjacent to an activating group) is 1. The molecule has 1 saturated carbocycles. The predicted octanol–water partition coefficient (Wildman–Crippen LogP) is 0.870. The van der Waals surface area contributed by atoms with Gasteiger partial charge in [0.15, 0.2) is 0 Å². The van der Waals surface area contributed by atoms with Crippen LogP contribution in [0.5, 0.6) is 0 Å². The molecule has 1 rings (SSSR count). The van der Waals surface area contributed by atoms with Crippen LogP contribution < -0.4 is 5.73 Å². The molecule has 2 unspecified atom stereocenters. The second-order valence-electron chi connectivity index (χ2n) is 5.36. The fourth-order valence-corrected chi connectivity index (χ4v) is 3.77. The van der Waals surface area contributed by atoms with Crippen LogP contribution in [0.15, 0.2) is 0 Å². The van der Waals surface area contributed by atoms with Gasteiger partial charge in [0.25, 0.3) is 0 Å². The molecular weight excluding hydrogens is 236 g/mol. The molecule has 1 aliphatic carbocycles. The van der Waals surface area contributed by atoms with E-state index in [-0.39, 0.29) is 11.3 Å². The highest BCUT2D eigenvalue weighted by Crippen LogP contribution is 2.40. The minimum Gasteiger partial charge on any atom is -0.329 e. The van der Waals surface area contributed by atoms with Crippen LogP contribution in [-0.4, -0.2) is 51.0 Å². The van der Waals surface area contributed by atoms with Crippen molar-refractivity contribution >= 4 is 9.84 Å². The molecule has 0 aliphatic heterocycles. The summed E-state index contributed by atoms with van der Waals surface area (Å²) in [5.74, 6) is 0.832. The monoisotopic (exact) mass is 262 g/mol. The fourth-order valence-electron chi connectivity index (χ4n) is 3.16. The molecule has 2 atom stereocenters. The van der Waals surface area contributed by atoms with Gasteiger partial charge in [0.2, 0.25) is 0 Å². The molecule has 0 spiro atoms. The molecule has 0 saturated heterocycles. The van der Waals surface area contributed by atoms with Crippen LogP contribution in [0.4, 0.5) is 0 Å². The number of hydrogen-bond donors (Lipinski definition) is 1. The van der Waals surface area contributed by atoms with Gasteiger partial charge in [0, 0.05) is 24.9 Å². The molecule has 0 radical (unpaired) electrons. The average molecular weight is 262 g/mol. The third-order valence-electron chi connectivity index (χ3n) is 4.33. The van der Waals surface area contributed by atoms with Crippen molar-refractivity contribution in [3.8, 4) is 0 Å². The lowest BCUT2D eigenvalue weighted by atomic mass is 9.83. The lowest BCUT2D eigenvalue weighted by Gasteiger charge is -2.42. The van der Waals surface area contributed by atoms with E-state index in [0.29, 0.717) is 19.0 Å². The van der Waals surface area contributed by atoms with Crippen LogP contribution in [0.2, 0.25) is 0 Å². The topological polar surface area (TPSA) is 63.4 Å². The first-order valence-electron chi connectivity index (χ1n) is 6.44. The van der Waals surface area contributed by atoms with E-state index in [4.69, 9.17) is 5.73 Å². The van der Waals surface area contributed by atoms with E-state index in [2.05, 4.69) is 11.8 Å². The second kappa shape index (κ2) is 5.67. The Kier molecular flexibility index (Phi) is 4.98. The zero-order valence-electron chi connectivity index (χ0n) is 11.3. The summed E-state index contributed by atoms with van der Waals surface area (Å²) in [6.45, 7) is 3.42. The highest BCUT2D eigenvalue weighted by atomic mass is 32.2. The zero-order chi connectivity index (χ0) is 13.1. The van der Waals surface area contributed by atoms with Crippen molar-refractivity contribution in [3.63, 3.8) is 0 Å². The van der Waals surface area contributed by atoms with Gasteiger partial charge < -0.3 is 5.73 Å². The fraction of sp³-hybridized carbons (Fsp3) is 1.00. The standard InChI is InChI=1S/C12H26N2O2S/c1-4-11-6-5-7-12(11,10-13)14(2)8-9-17(3,15)16/h11H,4-10,13H2,1-3H3. The molecule has 0 aromatic carbocycles. The van der Waals surface area contributed by atoms with Gasteiger partial charge in [-0.2, -0.15) is 0 Å². The lowest BCUT2D eigenvalue weighted by molar-refractivity contribution is 0.0880. The third kappa shape index (κ3) is 3.42. The molecule has 0 amide bonds. The Bertz CT molecular complexity index is 342. The van der Waals surface area contributed by atoms with Gasteiger partial charge in [-0.25, -0.2) is 8.42 Å². The second-order valence-corrected chi connectivity index (χ2v) is 7.62. The van der Waals surface area contributed by atoms with Crippen molar-refractivity contribution in [3.05, 3.63) is 0 Å². The van der Waals surface area contributed by atoms with Crippen LogP contribution in [0, 0.1) is 5.92 Å². The first-order valence-corrected chi connectivity index (χ1v) is 8.51. The van der Waals surface area contributed by atoms with Crippen LogP contribution in [0.1, 0.15) is 32.6 Å². The Morgan fingerprint density at radius 2 is 2.12 bits per heavy atom. The van der Waals surface area contributed by atoms with Crippen LogP contribution >= 0.6 is 0 Å². The van der Waals surface area contributed by atoms with Crippen molar-refractivity contribution < 1.29 is 8.42 Å². The molecule has 2 N–H and O–H groups in total. The maximum atomic E-state index is 11.2. The minimum absolute atomic E-state index is 0.0272. The van der Waals surface area contributed by atoms with E-state index in [1.54, 1.807) is 0 Å². The summed E-state index contributed by atoms with van der Waals surface area (Å²) in [7, 11) is -0.871. The summed E-state index contributed by atoms with van der Waals surface area (Å²) in [4.78, 5) is 2.19. The van der Waals surface area contributed by atoms with Gasteiger partial charge in [-0.05, 0) is 25.8 Å². The van der Waals surface area contributed by atoms with Crippen LogP contribution in [0.3, 0.4) is 0 Å². The summed E-state index contributed by atoms with van der Waals surface area (Å²) >= 11 is 0. The first-order chi connectivity index (χ1) is 7.85. The Labute approximate surface area is 105 Å². The summed E-state index contributed by atoms with van der Waals surface area (Å²) in [6, 6.07) is 0. The molecule has 1 aliphatic rings. The summed E-state index contributed by atoms with van der Waals surface area (Å²) < 4.78 is 22.5. The predicted molar refractivity (Wildman–Crippen MR) is 71.8 cm³/mol. The van der Waals surface area contributed by atoms with E-state index in [0.717, 1.165) is 12.8 Å². The minimum atomic E-state index is -2.89. The maximum absolute atomic E-state index is 11.2. The molecule has 0 bridgehead atoms. The van der Waals surface area contributed by atoms with Crippen molar-refractivity contribution in [2.75, 3.05) is 32.1 Å². The number of nitrogens with zero attached hydrogens (tertiary/aromatic N) is 1. The molecule has 0 heterocycles. The zero-order valence-corrected chi connectivity index (χ0v) is 12.1. The Morgan fingerprint density at radius 1 is 1.47 bits per heavy atom. The molecule has 102 valence electrons. The van der Waals surface area contributed by atoms with Gasteiger partial charge in [0.1, 0.15) is 9.84 Å².